The van der Waals surface area contributed by atoms with Crippen LogP contribution < -0.4 is 50.2 Å². The molecular weight excluding hydrogens is 873 g/mol. The van der Waals surface area contributed by atoms with E-state index in [-0.39, 0.29) is 66.3 Å². The first kappa shape index (κ1) is 45.2. The number of rotatable bonds is 12. The normalized spacial score (nSPS) is 17.3. The predicted octanol–water partition coefficient (Wildman–Crippen LogP) is 5.59. The van der Waals surface area contributed by atoms with E-state index in [0.717, 1.165) is 16.8 Å². The number of anilines is 3. The molecule has 0 fully saturated rings. The first-order valence-corrected chi connectivity index (χ1v) is 22.2. The largest absolute Gasteiger partial charge is 0.493 e. The number of amides is 5. The molecule has 5 amide bonds. The van der Waals surface area contributed by atoms with Gasteiger partial charge in [-0.05, 0) is 66.8 Å². The zero-order valence-corrected chi connectivity index (χ0v) is 38.1. The molecule has 0 saturated heterocycles. The molecule has 0 radical (unpaired) electrons. The molecule has 0 bridgehead atoms. The number of pyridine rings is 1. The highest BCUT2D eigenvalue weighted by atomic mass is 16.7. The summed E-state index contributed by atoms with van der Waals surface area (Å²) in [4.78, 5) is 87.4. The van der Waals surface area contributed by atoms with Crippen molar-refractivity contribution in [2.24, 2.45) is 16.6 Å². The van der Waals surface area contributed by atoms with Crippen molar-refractivity contribution in [3.63, 3.8) is 0 Å². The molecule has 18 heteroatoms. The number of hydroxylamine groups is 1. The molecule has 4 aliphatic rings. The van der Waals surface area contributed by atoms with Crippen molar-refractivity contribution < 1.29 is 47.8 Å². The molecule has 0 spiro atoms. The van der Waals surface area contributed by atoms with Crippen LogP contribution in [0.3, 0.4) is 0 Å². The van der Waals surface area contributed by atoms with E-state index in [1.165, 1.54) is 38.2 Å². The van der Waals surface area contributed by atoms with E-state index in [9.17, 15) is 24.0 Å². The summed E-state index contributed by atoms with van der Waals surface area (Å²) in [7, 11) is 2.95. The SMILES string of the molecule is COc1cc2c(cc1OCc1cccc(COc3cc4c(cc3OC)C(=O)N3c5ccccc5C[C@H]3CN4C(=O)ONC(=O)[C@H](C)NC(=O)[C@@H](N)C(C)C)n1)N=C[C@@H]1Cc3ccccc3N1C2=O. The first-order valence-electron chi connectivity index (χ1n) is 22.2. The number of fused-ring (bicyclic) bond motifs is 8. The van der Waals surface area contributed by atoms with E-state index in [1.54, 1.807) is 54.1 Å². The lowest BCUT2D eigenvalue weighted by atomic mass is 10.0. The number of aromatic nitrogens is 1. The smallest absolute Gasteiger partial charge is 0.438 e. The Morgan fingerprint density at radius 1 is 0.721 bits per heavy atom. The fourth-order valence-electron chi connectivity index (χ4n) is 8.81. The van der Waals surface area contributed by atoms with E-state index in [4.69, 9.17) is 39.5 Å². The summed E-state index contributed by atoms with van der Waals surface area (Å²) in [6.07, 6.45) is 1.94. The summed E-state index contributed by atoms with van der Waals surface area (Å²) < 4.78 is 24.0. The molecule has 1 aromatic heterocycles. The lowest BCUT2D eigenvalue weighted by molar-refractivity contribution is -0.134. The molecule has 4 aromatic carbocycles. The number of ether oxygens (including phenoxy) is 4. The minimum absolute atomic E-state index is 0.00181. The predicted molar refractivity (Wildman–Crippen MR) is 251 cm³/mol. The molecule has 4 N–H and O–H groups in total. The van der Waals surface area contributed by atoms with Crippen molar-refractivity contribution in [3.8, 4) is 23.0 Å². The zero-order valence-electron chi connectivity index (χ0n) is 38.1. The minimum atomic E-state index is -1.09. The van der Waals surface area contributed by atoms with Crippen LogP contribution in [0.2, 0.25) is 0 Å². The highest BCUT2D eigenvalue weighted by molar-refractivity contribution is 6.15. The van der Waals surface area contributed by atoms with E-state index < -0.39 is 36.0 Å². The minimum Gasteiger partial charge on any atom is -0.493 e. The molecule has 0 unspecified atom stereocenters. The third kappa shape index (κ3) is 8.61. The van der Waals surface area contributed by atoms with Crippen molar-refractivity contribution in [2.75, 3.05) is 35.5 Å². The lowest BCUT2D eigenvalue weighted by Crippen LogP contribution is -2.52. The number of methoxy groups -OCH3 is 2. The Bertz CT molecular complexity index is 2870. The third-order valence-corrected chi connectivity index (χ3v) is 12.5. The third-order valence-electron chi connectivity index (χ3n) is 12.5. The average molecular weight is 923 g/mol. The number of carbonyl (C=O) groups is 5. The lowest BCUT2D eigenvalue weighted by Gasteiger charge is -2.26. The fraction of sp³-hybridized carbons (Fsp3) is 0.300. The second-order valence-corrected chi connectivity index (χ2v) is 17.2. The number of hydrogen-bond acceptors (Lipinski definition) is 13. The van der Waals surface area contributed by atoms with Crippen LogP contribution in [-0.2, 0) is 40.5 Å². The van der Waals surface area contributed by atoms with E-state index >= 15 is 0 Å². The summed E-state index contributed by atoms with van der Waals surface area (Å²) in [6, 6.07) is 24.5. The van der Waals surface area contributed by atoms with Crippen LogP contribution in [0.4, 0.5) is 27.5 Å². The Hall–Kier alpha value is -7.99. The van der Waals surface area contributed by atoms with Crippen LogP contribution in [0.15, 0.2) is 96.0 Å². The topological polar surface area (TPSA) is 217 Å². The summed E-state index contributed by atoms with van der Waals surface area (Å²) >= 11 is 0. The number of nitrogens with one attached hydrogen (secondary N) is 2. The van der Waals surface area contributed by atoms with Gasteiger partial charge >= 0.3 is 6.09 Å². The fourth-order valence-corrected chi connectivity index (χ4v) is 8.81. The van der Waals surface area contributed by atoms with E-state index in [2.05, 4.69) is 10.8 Å². The Morgan fingerprint density at radius 2 is 1.32 bits per heavy atom. The Balaban J connectivity index is 0.926. The van der Waals surface area contributed by atoms with Crippen molar-refractivity contribution >= 4 is 58.7 Å². The van der Waals surface area contributed by atoms with Gasteiger partial charge in [0, 0.05) is 36.1 Å². The number of hydrogen-bond donors (Lipinski definition) is 3. The number of carbonyl (C=O) groups excluding carboxylic acids is 5. The Labute approximate surface area is 391 Å². The maximum absolute atomic E-state index is 14.5. The average Bonchev–Trinajstić information content (AvgIpc) is 3.84. The van der Waals surface area contributed by atoms with Gasteiger partial charge in [-0.1, -0.05) is 56.3 Å². The van der Waals surface area contributed by atoms with Crippen LogP contribution in [-0.4, -0.2) is 85.9 Å². The zero-order chi connectivity index (χ0) is 47.8. The van der Waals surface area contributed by atoms with Crippen LogP contribution in [0.5, 0.6) is 23.0 Å². The molecule has 5 heterocycles. The molecule has 0 aliphatic carbocycles. The number of benzene rings is 4. The van der Waals surface area contributed by atoms with Gasteiger partial charge in [0.2, 0.25) is 5.91 Å². The van der Waals surface area contributed by atoms with Crippen molar-refractivity contribution in [1.82, 2.24) is 15.8 Å². The maximum atomic E-state index is 14.5. The van der Waals surface area contributed by atoms with Crippen LogP contribution in [0.1, 0.15) is 64.0 Å². The highest BCUT2D eigenvalue weighted by Crippen LogP contribution is 2.44. The molecule has 68 heavy (non-hydrogen) atoms. The van der Waals surface area contributed by atoms with E-state index in [1.807, 2.05) is 54.6 Å². The Morgan fingerprint density at radius 3 is 1.99 bits per heavy atom. The van der Waals surface area contributed by atoms with Gasteiger partial charge in [0.1, 0.15) is 19.3 Å². The van der Waals surface area contributed by atoms with Crippen LogP contribution in [0.25, 0.3) is 0 Å². The van der Waals surface area contributed by atoms with Gasteiger partial charge in [0.05, 0.1) is 72.8 Å². The number of nitrogens with zero attached hydrogens (tertiary/aromatic N) is 5. The van der Waals surface area contributed by atoms with Gasteiger partial charge in [-0.25, -0.2) is 4.79 Å². The van der Waals surface area contributed by atoms with Crippen LogP contribution in [0, 0.1) is 5.92 Å². The van der Waals surface area contributed by atoms with Crippen molar-refractivity contribution in [2.45, 2.75) is 71.0 Å². The molecule has 9 rings (SSSR count). The number of nitrogens with two attached hydrogens (primary N) is 1. The first-order chi connectivity index (χ1) is 32.8. The van der Waals surface area contributed by atoms with Gasteiger partial charge in [-0.3, -0.25) is 39.0 Å². The van der Waals surface area contributed by atoms with Crippen LogP contribution >= 0.6 is 0 Å². The van der Waals surface area contributed by atoms with Crippen molar-refractivity contribution in [3.05, 3.63) is 125 Å². The summed E-state index contributed by atoms with van der Waals surface area (Å²) in [5.74, 6) is -0.890. The van der Waals surface area contributed by atoms with Gasteiger partial charge < -0.3 is 39.7 Å². The van der Waals surface area contributed by atoms with E-state index in [0.29, 0.717) is 52.7 Å². The second-order valence-electron chi connectivity index (χ2n) is 17.2. The molecule has 18 nitrogen and oxygen atoms in total. The number of aliphatic imine (C=N–C) groups is 1. The molecule has 5 aromatic rings. The molecular formula is C50H50N8O10. The molecule has 4 atom stereocenters. The molecule has 4 aliphatic heterocycles. The Kier molecular flexibility index (Phi) is 12.4. The maximum Gasteiger partial charge on any atom is 0.438 e. The van der Waals surface area contributed by atoms with Gasteiger partial charge in [-0.2, -0.15) is 5.48 Å². The molecule has 0 saturated carbocycles. The summed E-state index contributed by atoms with van der Waals surface area (Å²) in [5, 5.41) is 2.53. The van der Waals surface area contributed by atoms with Crippen molar-refractivity contribution in [1.29, 1.82) is 0 Å². The quantitative estimate of drug-likeness (QED) is 0.131. The summed E-state index contributed by atoms with van der Waals surface area (Å²) in [6.45, 7) is 4.98. The van der Waals surface area contributed by atoms with Gasteiger partial charge in [0.15, 0.2) is 23.0 Å². The highest BCUT2D eigenvalue weighted by Gasteiger charge is 2.43. The standard InChI is InChI=1S/C50H50N8O10/c1-27(2)45(51)47(60)53-28(3)46(59)55-68-50(63)56-24-34-18-30-12-7-9-16-39(30)58(34)49(62)36-20-42(65-5)44(22-40(36)56)67-26-32-14-10-13-31(54-32)25-66-43-21-37-35(19-41(43)64-4)48(61)57-33(23-52-37)17-29-11-6-8-15-38(29)57/h6-16,19-23,27-28,33-34,45H,17-18,24-26,51H2,1-5H3,(H,53,60)(H,55,59)/t28-,33-,34-,45-/m0/s1. The second kappa shape index (κ2) is 18.7. The van der Waals surface area contributed by atoms with Gasteiger partial charge in [0.25, 0.3) is 17.7 Å². The monoisotopic (exact) mass is 922 g/mol. The molecule has 350 valence electrons. The number of para-hydroxylation sites is 2. The van der Waals surface area contributed by atoms with Gasteiger partial charge in [-0.15, -0.1) is 0 Å². The summed E-state index contributed by atoms with van der Waals surface area (Å²) in [5.41, 5.74) is 13.9.